The number of amides is 2. The van der Waals surface area contributed by atoms with Gasteiger partial charge in [0.2, 0.25) is 0 Å². The predicted octanol–water partition coefficient (Wildman–Crippen LogP) is 1.81. The molecule has 0 aliphatic carbocycles. The van der Waals surface area contributed by atoms with Crippen molar-refractivity contribution in [2.75, 3.05) is 52.4 Å². The molecule has 2 amide bonds. The van der Waals surface area contributed by atoms with E-state index in [1.54, 1.807) is 11.3 Å². The molecule has 1 aromatic heterocycles. The van der Waals surface area contributed by atoms with Gasteiger partial charge in [0.15, 0.2) is 0 Å². The lowest BCUT2D eigenvalue weighted by Gasteiger charge is -2.30. The van der Waals surface area contributed by atoms with E-state index in [0.717, 1.165) is 78.0 Å². The molecule has 0 spiro atoms. The SMILES string of the molecule is O=C(NCCCN1CCC[C@@H](O)C1)N1CCCN(Cc2cccs2)CC1. The number of piperidine rings is 1. The molecular formula is C19H32N4O2S. The van der Waals surface area contributed by atoms with Crippen LogP contribution in [-0.4, -0.2) is 84.3 Å². The van der Waals surface area contributed by atoms with E-state index in [1.807, 2.05) is 4.90 Å². The Bertz CT molecular complexity index is 540. The molecule has 7 heteroatoms. The average Bonchev–Trinajstić information content (AvgIpc) is 3.03. The fourth-order valence-electron chi connectivity index (χ4n) is 3.80. The van der Waals surface area contributed by atoms with Gasteiger partial charge in [-0.1, -0.05) is 6.07 Å². The molecule has 2 aliphatic rings. The number of likely N-dealkylation sites (tertiary alicyclic amines) is 1. The van der Waals surface area contributed by atoms with Crippen LogP contribution < -0.4 is 5.32 Å². The van der Waals surface area contributed by atoms with E-state index in [1.165, 1.54) is 4.88 Å². The van der Waals surface area contributed by atoms with Crippen molar-refractivity contribution in [2.24, 2.45) is 0 Å². The first-order chi connectivity index (χ1) is 12.7. The molecule has 2 saturated heterocycles. The second-order valence-electron chi connectivity index (χ2n) is 7.38. The molecule has 26 heavy (non-hydrogen) atoms. The Hall–Kier alpha value is -1.15. The van der Waals surface area contributed by atoms with Gasteiger partial charge in [0.25, 0.3) is 0 Å². The molecular weight excluding hydrogens is 348 g/mol. The molecule has 1 aromatic rings. The molecule has 146 valence electrons. The highest BCUT2D eigenvalue weighted by Crippen LogP contribution is 2.14. The summed E-state index contributed by atoms with van der Waals surface area (Å²) in [6.45, 7) is 8.13. The summed E-state index contributed by atoms with van der Waals surface area (Å²) in [5, 5.41) is 14.9. The maximum absolute atomic E-state index is 12.4. The second kappa shape index (κ2) is 10.3. The van der Waals surface area contributed by atoms with Crippen LogP contribution in [0.1, 0.15) is 30.6 Å². The highest BCUT2D eigenvalue weighted by molar-refractivity contribution is 7.09. The molecule has 0 radical (unpaired) electrons. The fraction of sp³-hybridized carbons (Fsp3) is 0.737. The third kappa shape index (κ3) is 6.23. The third-order valence-electron chi connectivity index (χ3n) is 5.24. The Morgan fingerprint density at radius 3 is 2.88 bits per heavy atom. The number of thiophene rings is 1. The van der Waals surface area contributed by atoms with Gasteiger partial charge < -0.3 is 20.2 Å². The summed E-state index contributed by atoms with van der Waals surface area (Å²) in [5.74, 6) is 0. The van der Waals surface area contributed by atoms with Gasteiger partial charge in [0.05, 0.1) is 6.10 Å². The van der Waals surface area contributed by atoms with Crippen molar-refractivity contribution in [3.05, 3.63) is 22.4 Å². The van der Waals surface area contributed by atoms with Crippen LogP contribution in [0.15, 0.2) is 17.5 Å². The number of rotatable bonds is 6. The van der Waals surface area contributed by atoms with Gasteiger partial charge in [-0.15, -0.1) is 11.3 Å². The Kier molecular flexibility index (Phi) is 7.73. The fourth-order valence-corrected chi connectivity index (χ4v) is 4.55. The molecule has 0 bridgehead atoms. The van der Waals surface area contributed by atoms with Crippen molar-refractivity contribution in [1.29, 1.82) is 0 Å². The lowest BCUT2D eigenvalue weighted by Crippen LogP contribution is -2.43. The number of nitrogens with zero attached hydrogens (tertiary/aromatic N) is 3. The molecule has 0 unspecified atom stereocenters. The monoisotopic (exact) mass is 380 g/mol. The first kappa shape index (κ1) is 19.6. The molecule has 6 nitrogen and oxygen atoms in total. The smallest absolute Gasteiger partial charge is 0.317 e. The highest BCUT2D eigenvalue weighted by Gasteiger charge is 2.20. The van der Waals surface area contributed by atoms with Crippen LogP contribution in [0.25, 0.3) is 0 Å². The zero-order valence-corrected chi connectivity index (χ0v) is 16.4. The van der Waals surface area contributed by atoms with E-state index in [2.05, 4.69) is 32.6 Å². The average molecular weight is 381 g/mol. The number of aliphatic hydroxyl groups is 1. The minimum Gasteiger partial charge on any atom is -0.392 e. The van der Waals surface area contributed by atoms with E-state index in [9.17, 15) is 9.90 Å². The van der Waals surface area contributed by atoms with Crippen molar-refractivity contribution in [3.63, 3.8) is 0 Å². The Labute approximate surface area is 160 Å². The molecule has 2 aliphatic heterocycles. The van der Waals surface area contributed by atoms with Gasteiger partial charge in [0, 0.05) is 50.7 Å². The van der Waals surface area contributed by atoms with Gasteiger partial charge in [0.1, 0.15) is 0 Å². The minimum absolute atomic E-state index is 0.0710. The summed E-state index contributed by atoms with van der Waals surface area (Å²) in [6.07, 6.45) is 3.79. The Morgan fingerprint density at radius 1 is 1.19 bits per heavy atom. The number of carbonyl (C=O) groups excluding carboxylic acids is 1. The Morgan fingerprint density at radius 2 is 2.08 bits per heavy atom. The van der Waals surface area contributed by atoms with E-state index in [0.29, 0.717) is 6.54 Å². The van der Waals surface area contributed by atoms with E-state index >= 15 is 0 Å². The first-order valence-corrected chi connectivity index (χ1v) is 10.8. The highest BCUT2D eigenvalue weighted by atomic mass is 32.1. The number of nitrogens with one attached hydrogen (secondary N) is 1. The van der Waals surface area contributed by atoms with E-state index < -0.39 is 0 Å². The van der Waals surface area contributed by atoms with Crippen molar-refractivity contribution >= 4 is 17.4 Å². The number of hydrogen-bond acceptors (Lipinski definition) is 5. The normalized spacial score (nSPS) is 23.0. The van der Waals surface area contributed by atoms with E-state index in [-0.39, 0.29) is 12.1 Å². The van der Waals surface area contributed by atoms with Crippen LogP contribution in [0.4, 0.5) is 4.79 Å². The van der Waals surface area contributed by atoms with Crippen LogP contribution >= 0.6 is 11.3 Å². The standard InChI is InChI=1S/C19H32N4O2S/c24-17-5-1-8-21(15-17)9-3-7-20-19(25)23-11-4-10-22(12-13-23)16-18-6-2-14-26-18/h2,6,14,17,24H,1,3-5,7-13,15-16H2,(H,20,25)/t17-/m1/s1. The summed E-state index contributed by atoms with van der Waals surface area (Å²) in [4.78, 5) is 20.5. The third-order valence-corrected chi connectivity index (χ3v) is 6.10. The molecule has 3 heterocycles. The van der Waals surface area contributed by atoms with Gasteiger partial charge in [-0.25, -0.2) is 4.79 Å². The lowest BCUT2D eigenvalue weighted by molar-refractivity contribution is 0.0702. The van der Waals surface area contributed by atoms with Crippen LogP contribution in [0.3, 0.4) is 0 Å². The molecule has 2 fully saturated rings. The van der Waals surface area contributed by atoms with Crippen molar-refractivity contribution < 1.29 is 9.90 Å². The van der Waals surface area contributed by atoms with Gasteiger partial charge in [-0.3, -0.25) is 4.90 Å². The zero-order chi connectivity index (χ0) is 18.2. The molecule has 3 rings (SSSR count). The topological polar surface area (TPSA) is 59.1 Å². The van der Waals surface area contributed by atoms with Crippen LogP contribution in [0, 0.1) is 0 Å². The summed E-state index contributed by atoms with van der Waals surface area (Å²) in [6, 6.07) is 4.35. The Balaban J connectivity index is 1.31. The summed E-state index contributed by atoms with van der Waals surface area (Å²) >= 11 is 1.80. The minimum atomic E-state index is -0.174. The maximum Gasteiger partial charge on any atom is 0.317 e. The predicted molar refractivity (Wildman–Crippen MR) is 105 cm³/mol. The van der Waals surface area contributed by atoms with Crippen LogP contribution in [0.5, 0.6) is 0 Å². The maximum atomic E-state index is 12.4. The van der Waals surface area contributed by atoms with Crippen molar-refractivity contribution in [3.8, 4) is 0 Å². The number of carbonyl (C=O) groups is 1. The summed E-state index contributed by atoms with van der Waals surface area (Å²) < 4.78 is 0. The summed E-state index contributed by atoms with van der Waals surface area (Å²) in [7, 11) is 0. The van der Waals surface area contributed by atoms with Crippen LogP contribution in [0.2, 0.25) is 0 Å². The largest absolute Gasteiger partial charge is 0.392 e. The first-order valence-electron chi connectivity index (χ1n) is 9.88. The van der Waals surface area contributed by atoms with Crippen LogP contribution in [-0.2, 0) is 6.54 Å². The van der Waals surface area contributed by atoms with Gasteiger partial charge in [-0.2, -0.15) is 0 Å². The van der Waals surface area contributed by atoms with E-state index in [4.69, 9.17) is 0 Å². The quantitative estimate of drug-likeness (QED) is 0.739. The molecule has 1 atom stereocenters. The van der Waals surface area contributed by atoms with Crippen molar-refractivity contribution in [2.45, 2.75) is 38.3 Å². The van der Waals surface area contributed by atoms with Crippen molar-refractivity contribution in [1.82, 2.24) is 20.0 Å². The second-order valence-corrected chi connectivity index (χ2v) is 8.41. The number of aliphatic hydroxyl groups excluding tert-OH is 1. The summed E-state index contributed by atoms with van der Waals surface area (Å²) in [5.41, 5.74) is 0. The molecule has 2 N–H and O–H groups in total. The lowest BCUT2D eigenvalue weighted by atomic mass is 10.1. The zero-order valence-electron chi connectivity index (χ0n) is 15.6. The molecule has 0 aromatic carbocycles. The number of hydrogen-bond donors (Lipinski definition) is 2. The number of β-amino-alcohol motifs (C(OH)–C–C–N with tert-alkyl or cyclic N) is 1. The molecule has 0 saturated carbocycles. The number of urea groups is 1. The van der Waals surface area contributed by atoms with Gasteiger partial charge >= 0.3 is 6.03 Å². The van der Waals surface area contributed by atoms with Gasteiger partial charge in [-0.05, 0) is 50.2 Å².